The van der Waals surface area contributed by atoms with Crippen molar-refractivity contribution in [3.05, 3.63) is 12.8 Å². The Morgan fingerprint density at radius 2 is 2.50 bits per heavy atom. The second-order valence-corrected chi connectivity index (χ2v) is 0.781. The molecule has 0 aliphatic heterocycles. The van der Waals surface area contributed by atoms with Crippen LogP contribution in [0.15, 0.2) is 6.58 Å². The second-order valence-electron chi connectivity index (χ2n) is 0.781. The van der Waals surface area contributed by atoms with E-state index in [1.807, 2.05) is 0 Å². The van der Waals surface area contributed by atoms with Crippen LogP contribution in [0.3, 0.4) is 0 Å². The molecule has 0 heterocycles. The fourth-order valence-corrected chi connectivity index (χ4v) is 0.131. The Balaban J connectivity index is 2.49. The minimum atomic E-state index is 0.517. The average molecular weight is 86.1 g/mol. The molecule has 0 aromatic rings. The van der Waals surface area contributed by atoms with Gasteiger partial charge in [0, 0.05) is 6.54 Å². The van der Waals surface area contributed by atoms with Gasteiger partial charge in [-0.05, 0) is 0 Å². The van der Waals surface area contributed by atoms with Crippen LogP contribution in [0.2, 0.25) is 0 Å². The first-order valence-electron chi connectivity index (χ1n) is 1.75. The Kier molecular flexibility index (Phi) is 4.12. The number of rotatable bonds is 3. The quantitative estimate of drug-likeness (QED) is 0.385. The van der Waals surface area contributed by atoms with Crippen molar-refractivity contribution in [3.63, 3.8) is 0 Å². The minimum Gasteiger partial charge on any atom is -0.489 e. The van der Waals surface area contributed by atoms with Crippen LogP contribution in [0.1, 0.15) is 0 Å². The smallest absolute Gasteiger partial charge is 0.153 e. The molecule has 0 saturated heterocycles. The van der Waals surface area contributed by atoms with Crippen molar-refractivity contribution in [1.82, 2.24) is 0 Å². The molecule has 1 radical (unpaired) electrons. The fourth-order valence-electron chi connectivity index (χ4n) is 0.131. The van der Waals surface area contributed by atoms with E-state index in [0.29, 0.717) is 13.2 Å². The van der Waals surface area contributed by atoms with Gasteiger partial charge in [0.2, 0.25) is 0 Å². The van der Waals surface area contributed by atoms with Gasteiger partial charge in [-0.3, -0.25) is 0 Å². The molecule has 0 aliphatic carbocycles. The highest BCUT2D eigenvalue weighted by molar-refractivity contribution is 4.36. The summed E-state index contributed by atoms with van der Waals surface area (Å²) in [7, 11) is 0. The van der Waals surface area contributed by atoms with Crippen LogP contribution in [-0.4, -0.2) is 13.2 Å². The van der Waals surface area contributed by atoms with Crippen molar-refractivity contribution in [3.8, 4) is 0 Å². The van der Waals surface area contributed by atoms with E-state index in [9.17, 15) is 0 Å². The molecule has 2 heteroatoms. The summed E-state index contributed by atoms with van der Waals surface area (Å²) in [5.74, 6) is 0. The first-order valence-corrected chi connectivity index (χ1v) is 1.75. The zero-order chi connectivity index (χ0) is 4.83. The molecule has 35 valence electrons. The highest BCUT2D eigenvalue weighted by Crippen LogP contribution is 1.63. The molecule has 0 aliphatic rings. The lowest BCUT2D eigenvalue weighted by atomic mass is 10.7. The van der Waals surface area contributed by atoms with Gasteiger partial charge in [-0.15, -0.1) is 0 Å². The van der Waals surface area contributed by atoms with Crippen LogP contribution < -0.4 is 5.73 Å². The van der Waals surface area contributed by atoms with Crippen molar-refractivity contribution in [2.24, 2.45) is 5.73 Å². The van der Waals surface area contributed by atoms with Crippen molar-refractivity contribution in [2.45, 2.75) is 0 Å². The number of ether oxygens (including phenoxy) is 1. The van der Waals surface area contributed by atoms with Gasteiger partial charge in [-0.2, -0.15) is 0 Å². The summed E-state index contributed by atoms with van der Waals surface area (Å²) in [4.78, 5) is 0. The minimum absolute atomic E-state index is 0.517. The lowest BCUT2D eigenvalue weighted by Gasteiger charge is -1.89. The van der Waals surface area contributed by atoms with Crippen LogP contribution in [0.4, 0.5) is 0 Å². The second kappa shape index (κ2) is 4.50. The predicted molar refractivity (Wildman–Crippen MR) is 23.9 cm³/mol. The average Bonchev–Trinajstić information content (AvgIpc) is 1.61. The fraction of sp³-hybridized carbons (Fsp3) is 0.500. The molecule has 0 aromatic heterocycles. The molecule has 2 nitrogen and oxygen atoms in total. The van der Waals surface area contributed by atoms with Gasteiger partial charge in [-0.25, -0.2) is 0 Å². The maximum Gasteiger partial charge on any atom is 0.153 e. The van der Waals surface area contributed by atoms with Crippen molar-refractivity contribution < 1.29 is 4.74 Å². The van der Waals surface area contributed by atoms with Gasteiger partial charge in [0.25, 0.3) is 0 Å². The topological polar surface area (TPSA) is 35.2 Å². The zero-order valence-electron chi connectivity index (χ0n) is 3.61. The molecule has 0 spiro atoms. The van der Waals surface area contributed by atoms with E-state index < -0.39 is 0 Å². The number of nitrogens with two attached hydrogens (primary N) is 1. The molecule has 0 bridgehead atoms. The van der Waals surface area contributed by atoms with E-state index in [0.717, 1.165) is 0 Å². The van der Waals surface area contributed by atoms with Gasteiger partial charge >= 0.3 is 0 Å². The Morgan fingerprint density at radius 1 is 1.83 bits per heavy atom. The van der Waals surface area contributed by atoms with Crippen LogP contribution >= 0.6 is 0 Å². The monoisotopic (exact) mass is 86.1 g/mol. The van der Waals surface area contributed by atoms with Gasteiger partial charge < -0.3 is 10.5 Å². The van der Waals surface area contributed by atoms with Crippen molar-refractivity contribution >= 4 is 0 Å². The van der Waals surface area contributed by atoms with Crippen molar-refractivity contribution in [1.29, 1.82) is 0 Å². The van der Waals surface area contributed by atoms with E-state index in [-0.39, 0.29) is 0 Å². The molecule has 0 amide bonds. The van der Waals surface area contributed by atoms with Crippen LogP contribution in [-0.2, 0) is 4.74 Å². The maximum atomic E-state index is 5.02. The predicted octanol–water partition coefficient (Wildman–Crippen LogP) is -0.0916. The lowest BCUT2D eigenvalue weighted by molar-refractivity contribution is 0.239. The number of hydrogen-bond acceptors (Lipinski definition) is 2. The molecule has 0 atom stereocenters. The SMILES string of the molecule is C=[C]OCCN. The van der Waals surface area contributed by atoms with Gasteiger partial charge in [0.05, 0.1) is 0 Å². The standard InChI is InChI=1S/C4H8NO/c1-2-6-4-3-5/h1,3-5H2. The molecule has 0 saturated carbocycles. The molecule has 0 rings (SSSR count). The summed E-state index contributed by atoms with van der Waals surface area (Å²) in [6, 6.07) is 0. The molecule has 0 unspecified atom stereocenters. The van der Waals surface area contributed by atoms with Crippen LogP contribution in [0.5, 0.6) is 0 Å². The summed E-state index contributed by atoms with van der Waals surface area (Å²) >= 11 is 0. The first kappa shape index (κ1) is 5.50. The summed E-state index contributed by atoms with van der Waals surface area (Å²) in [5, 5.41) is 0. The van der Waals surface area contributed by atoms with Gasteiger partial charge in [0.15, 0.2) is 6.26 Å². The molecule has 0 fully saturated rings. The Labute approximate surface area is 37.6 Å². The zero-order valence-corrected chi connectivity index (χ0v) is 3.61. The summed E-state index contributed by atoms with van der Waals surface area (Å²) < 4.78 is 4.50. The molecule has 2 N–H and O–H groups in total. The third kappa shape index (κ3) is 3.50. The maximum absolute atomic E-state index is 5.02. The number of hydrogen-bond donors (Lipinski definition) is 1. The highest BCUT2D eigenvalue weighted by atomic mass is 16.5. The van der Waals surface area contributed by atoms with Crippen LogP contribution in [0, 0.1) is 6.26 Å². The van der Waals surface area contributed by atoms with E-state index >= 15 is 0 Å². The normalized spacial score (nSPS) is 7.50. The summed E-state index contributed by atoms with van der Waals surface area (Å²) in [5.41, 5.74) is 5.02. The molecule has 6 heavy (non-hydrogen) atoms. The summed E-state index contributed by atoms with van der Waals surface area (Å²) in [6.07, 6.45) is 2.24. The van der Waals surface area contributed by atoms with Crippen LogP contribution in [0.25, 0.3) is 0 Å². The third-order valence-corrected chi connectivity index (χ3v) is 0.322. The molecular formula is C4H8NO. The third-order valence-electron chi connectivity index (χ3n) is 0.322. The first-order chi connectivity index (χ1) is 2.91. The molecule has 0 aromatic carbocycles. The van der Waals surface area contributed by atoms with E-state index in [1.165, 1.54) is 0 Å². The lowest BCUT2D eigenvalue weighted by Crippen LogP contribution is -2.04. The Morgan fingerprint density at radius 3 is 2.67 bits per heavy atom. The Bertz CT molecular complexity index is 36.5. The molecular weight excluding hydrogens is 78.0 g/mol. The van der Waals surface area contributed by atoms with Crippen molar-refractivity contribution in [2.75, 3.05) is 13.2 Å². The van der Waals surface area contributed by atoms with E-state index in [2.05, 4.69) is 17.6 Å². The van der Waals surface area contributed by atoms with Gasteiger partial charge in [-0.1, -0.05) is 6.58 Å². The van der Waals surface area contributed by atoms with E-state index in [1.54, 1.807) is 0 Å². The highest BCUT2D eigenvalue weighted by Gasteiger charge is 1.69. The summed E-state index contributed by atoms with van der Waals surface area (Å²) in [6.45, 7) is 4.24. The Hall–Kier alpha value is -0.500. The van der Waals surface area contributed by atoms with Gasteiger partial charge in [0.1, 0.15) is 6.61 Å². The van der Waals surface area contributed by atoms with E-state index in [4.69, 9.17) is 5.73 Å². The largest absolute Gasteiger partial charge is 0.489 e.